The number of carbonyl (C=O) groups is 1. The summed E-state index contributed by atoms with van der Waals surface area (Å²) >= 11 is 0. The quantitative estimate of drug-likeness (QED) is 0.881. The molecule has 110 valence electrons. The van der Waals surface area contributed by atoms with Gasteiger partial charge in [0, 0.05) is 18.2 Å². The largest absolute Gasteiger partial charge is 0.441 e. The molecule has 3 N–H and O–H groups in total. The van der Waals surface area contributed by atoms with Crippen LogP contribution in [0.5, 0.6) is 0 Å². The molecule has 1 atom stereocenters. The van der Waals surface area contributed by atoms with Gasteiger partial charge >= 0.3 is 0 Å². The van der Waals surface area contributed by atoms with Gasteiger partial charge in [0.15, 0.2) is 5.69 Å². The maximum absolute atomic E-state index is 12.2. The van der Waals surface area contributed by atoms with Crippen LogP contribution in [0.4, 0.5) is 0 Å². The molecule has 1 heterocycles. The maximum atomic E-state index is 12.2. The zero-order valence-corrected chi connectivity index (χ0v) is 12.0. The van der Waals surface area contributed by atoms with Crippen molar-refractivity contribution < 1.29 is 9.21 Å². The molecule has 0 radical (unpaired) electrons. The number of nitrogens with two attached hydrogens (primary N) is 1. The molecular formula is C16H19N3O2. The van der Waals surface area contributed by atoms with Gasteiger partial charge in [-0.25, -0.2) is 4.98 Å². The number of hydrogen-bond donors (Lipinski definition) is 2. The van der Waals surface area contributed by atoms with Gasteiger partial charge in [-0.15, -0.1) is 0 Å². The number of hydrogen-bond acceptors (Lipinski definition) is 4. The summed E-state index contributed by atoms with van der Waals surface area (Å²) in [5, 5.41) is 2.84. The number of aromatic nitrogens is 1. The average Bonchev–Trinajstić information content (AvgIpc) is 3.28. The summed E-state index contributed by atoms with van der Waals surface area (Å²) in [6, 6.07) is 9.57. The minimum Gasteiger partial charge on any atom is -0.441 e. The predicted molar refractivity (Wildman–Crippen MR) is 79.7 cm³/mol. The highest BCUT2D eigenvalue weighted by Crippen LogP contribution is 2.31. The van der Waals surface area contributed by atoms with Gasteiger partial charge in [0.05, 0.1) is 0 Å². The van der Waals surface area contributed by atoms with Gasteiger partial charge in [-0.3, -0.25) is 4.79 Å². The second-order valence-electron chi connectivity index (χ2n) is 5.50. The summed E-state index contributed by atoms with van der Waals surface area (Å²) in [6.45, 7) is 2.23. The van der Waals surface area contributed by atoms with Gasteiger partial charge < -0.3 is 15.5 Å². The van der Waals surface area contributed by atoms with E-state index in [2.05, 4.69) is 10.3 Å². The van der Waals surface area contributed by atoms with Crippen molar-refractivity contribution in [2.24, 2.45) is 11.7 Å². The van der Waals surface area contributed by atoms with E-state index in [0.29, 0.717) is 29.8 Å². The Balaban J connectivity index is 1.70. The van der Waals surface area contributed by atoms with Crippen LogP contribution in [0.2, 0.25) is 0 Å². The minimum absolute atomic E-state index is 0.0368. The summed E-state index contributed by atoms with van der Waals surface area (Å²) in [5.74, 6) is 1.31. The van der Waals surface area contributed by atoms with Crippen LogP contribution in [-0.2, 0) is 0 Å². The maximum Gasteiger partial charge on any atom is 0.273 e. The monoisotopic (exact) mass is 285 g/mol. The summed E-state index contributed by atoms with van der Waals surface area (Å²) in [5.41, 5.74) is 7.17. The van der Waals surface area contributed by atoms with E-state index in [1.54, 1.807) is 6.92 Å². The van der Waals surface area contributed by atoms with E-state index < -0.39 is 0 Å². The SMILES string of the molecule is Cc1oc(-c2ccccc2)nc1C(=O)NCC(N)C1CC1. The first-order valence-electron chi connectivity index (χ1n) is 7.22. The van der Waals surface area contributed by atoms with Crippen LogP contribution in [0.15, 0.2) is 34.7 Å². The third kappa shape index (κ3) is 3.13. The fraction of sp³-hybridized carbons (Fsp3) is 0.375. The molecule has 2 aromatic rings. The van der Waals surface area contributed by atoms with Crippen molar-refractivity contribution in [3.8, 4) is 11.5 Å². The summed E-state index contributed by atoms with van der Waals surface area (Å²) < 4.78 is 5.59. The summed E-state index contributed by atoms with van der Waals surface area (Å²) in [6.07, 6.45) is 2.33. The first-order chi connectivity index (χ1) is 10.1. The number of oxazole rings is 1. The number of aryl methyl sites for hydroxylation is 1. The van der Waals surface area contributed by atoms with Crippen LogP contribution < -0.4 is 11.1 Å². The van der Waals surface area contributed by atoms with Gasteiger partial charge in [-0.2, -0.15) is 0 Å². The van der Waals surface area contributed by atoms with Crippen LogP contribution in [0.1, 0.15) is 29.1 Å². The lowest BCUT2D eigenvalue weighted by molar-refractivity contribution is 0.0944. The van der Waals surface area contributed by atoms with Crippen LogP contribution in [-0.4, -0.2) is 23.5 Å². The van der Waals surface area contributed by atoms with Crippen molar-refractivity contribution in [2.75, 3.05) is 6.54 Å². The highest BCUT2D eigenvalue weighted by atomic mass is 16.4. The molecule has 1 saturated carbocycles. The van der Waals surface area contributed by atoms with E-state index in [-0.39, 0.29) is 11.9 Å². The molecule has 0 saturated heterocycles. The number of carbonyl (C=O) groups excluding carboxylic acids is 1. The van der Waals surface area contributed by atoms with Crippen molar-refractivity contribution >= 4 is 5.91 Å². The van der Waals surface area contributed by atoms with Gasteiger partial charge in [-0.1, -0.05) is 18.2 Å². The molecule has 1 aromatic carbocycles. The van der Waals surface area contributed by atoms with E-state index >= 15 is 0 Å². The second kappa shape index (κ2) is 5.69. The third-order valence-electron chi connectivity index (χ3n) is 3.76. The van der Waals surface area contributed by atoms with E-state index in [9.17, 15) is 4.79 Å². The number of nitrogens with one attached hydrogen (secondary N) is 1. The van der Waals surface area contributed by atoms with Gasteiger partial charge in [-0.05, 0) is 37.8 Å². The first kappa shape index (κ1) is 13.8. The van der Waals surface area contributed by atoms with E-state index in [1.807, 2.05) is 30.3 Å². The lowest BCUT2D eigenvalue weighted by atomic mass is 10.2. The Bertz CT molecular complexity index is 632. The summed E-state index contributed by atoms with van der Waals surface area (Å²) in [7, 11) is 0. The average molecular weight is 285 g/mol. The Morgan fingerprint density at radius 3 is 2.81 bits per heavy atom. The summed E-state index contributed by atoms with van der Waals surface area (Å²) in [4.78, 5) is 16.5. The van der Waals surface area contributed by atoms with Crippen LogP contribution in [0.25, 0.3) is 11.5 Å². The Kier molecular flexibility index (Phi) is 3.75. The number of benzene rings is 1. The Morgan fingerprint density at radius 2 is 2.14 bits per heavy atom. The lowest BCUT2D eigenvalue weighted by Crippen LogP contribution is -2.38. The normalized spacial score (nSPS) is 15.7. The molecule has 0 bridgehead atoms. The van der Waals surface area contributed by atoms with E-state index in [0.717, 1.165) is 18.4 Å². The first-order valence-corrected chi connectivity index (χ1v) is 7.22. The number of rotatable bonds is 5. The zero-order valence-electron chi connectivity index (χ0n) is 12.0. The molecule has 1 unspecified atom stereocenters. The fourth-order valence-electron chi connectivity index (χ4n) is 2.30. The van der Waals surface area contributed by atoms with Crippen molar-refractivity contribution in [1.82, 2.24) is 10.3 Å². The van der Waals surface area contributed by atoms with Crippen LogP contribution in [0, 0.1) is 12.8 Å². The van der Waals surface area contributed by atoms with Crippen LogP contribution >= 0.6 is 0 Å². The zero-order chi connectivity index (χ0) is 14.8. The molecule has 1 amide bonds. The molecule has 0 aliphatic heterocycles. The third-order valence-corrected chi connectivity index (χ3v) is 3.76. The molecule has 1 aromatic heterocycles. The number of amides is 1. The van der Waals surface area contributed by atoms with Crippen molar-refractivity contribution in [3.05, 3.63) is 41.8 Å². The molecule has 3 rings (SSSR count). The second-order valence-corrected chi connectivity index (χ2v) is 5.50. The molecular weight excluding hydrogens is 266 g/mol. The molecule has 5 nitrogen and oxygen atoms in total. The Labute approximate surface area is 123 Å². The highest BCUT2D eigenvalue weighted by Gasteiger charge is 2.29. The molecule has 5 heteroatoms. The standard InChI is InChI=1S/C16H19N3O2/c1-10-14(15(20)18-9-13(17)11-7-8-11)19-16(21-10)12-5-3-2-4-6-12/h2-6,11,13H,7-9,17H2,1H3,(H,18,20). The van der Waals surface area contributed by atoms with Gasteiger partial charge in [0.2, 0.25) is 5.89 Å². The number of nitrogens with zero attached hydrogens (tertiary/aromatic N) is 1. The van der Waals surface area contributed by atoms with Gasteiger partial charge in [0.1, 0.15) is 5.76 Å². The molecule has 1 aliphatic carbocycles. The van der Waals surface area contributed by atoms with Crippen LogP contribution in [0.3, 0.4) is 0 Å². The minimum atomic E-state index is -0.227. The fourth-order valence-corrected chi connectivity index (χ4v) is 2.30. The van der Waals surface area contributed by atoms with E-state index in [4.69, 9.17) is 10.2 Å². The Morgan fingerprint density at radius 1 is 1.43 bits per heavy atom. The Hall–Kier alpha value is -2.14. The molecule has 0 spiro atoms. The van der Waals surface area contributed by atoms with Crippen molar-refractivity contribution in [2.45, 2.75) is 25.8 Å². The predicted octanol–water partition coefficient (Wildman–Crippen LogP) is 2.12. The lowest BCUT2D eigenvalue weighted by Gasteiger charge is -2.10. The molecule has 21 heavy (non-hydrogen) atoms. The van der Waals surface area contributed by atoms with E-state index in [1.165, 1.54) is 0 Å². The topological polar surface area (TPSA) is 81.2 Å². The van der Waals surface area contributed by atoms with Gasteiger partial charge in [0.25, 0.3) is 5.91 Å². The molecule has 1 aliphatic rings. The smallest absolute Gasteiger partial charge is 0.273 e. The highest BCUT2D eigenvalue weighted by molar-refractivity contribution is 5.93. The van der Waals surface area contributed by atoms with Crippen molar-refractivity contribution in [1.29, 1.82) is 0 Å². The molecule has 1 fully saturated rings. The van der Waals surface area contributed by atoms with Crippen molar-refractivity contribution in [3.63, 3.8) is 0 Å².